The molecule has 164 valence electrons. The molecule has 0 aromatic carbocycles. The van der Waals surface area contributed by atoms with Crippen LogP contribution < -0.4 is 0 Å². The maximum atomic E-state index is 12.5. The molecule has 4 atom stereocenters. The molecule has 0 spiro atoms. The fourth-order valence-corrected chi connectivity index (χ4v) is 3.22. The van der Waals surface area contributed by atoms with Gasteiger partial charge in [-0.1, -0.05) is 0 Å². The van der Waals surface area contributed by atoms with E-state index < -0.39 is 54.2 Å². The number of amides is 1. The van der Waals surface area contributed by atoms with Gasteiger partial charge in [0.2, 0.25) is 5.91 Å². The minimum atomic E-state index is -1.22. The Morgan fingerprint density at radius 2 is 1.57 bits per heavy atom. The van der Waals surface area contributed by atoms with Crippen molar-refractivity contribution < 1.29 is 42.9 Å². The number of carbonyl (C=O) groups excluding carboxylic acids is 5. The summed E-state index contributed by atoms with van der Waals surface area (Å²) in [7, 11) is 1.15. The Kier molecular flexibility index (Phi) is 7.08. The van der Waals surface area contributed by atoms with Crippen molar-refractivity contribution in [2.45, 2.75) is 52.1 Å². The third-order valence-electron chi connectivity index (χ3n) is 4.21. The van der Waals surface area contributed by atoms with Crippen molar-refractivity contribution in [1.29, 1.82) is 0 Å². The molecule has 0 N–H and O–H groups in total. The molecule has 0 unspecified atom stereocenters. The van der Waals surface area contributed by atoms with Crippen molar-refractivity contribution >= 4 is 29.8 Å². The van der Waals surface area contributed by atoms with Gasteiger partial charge in [-0.2, -0.15) is 0 Å². The maximum Gasteiger partial charge on any atom is 0.377 e. The van der Waals surface area contributed by atoms with Crippen molar-refractivity contribution in [2.75, 3.05) is 13.7 Å². The molecule has 13 heteroatoms. The zero-order valence-corrected chi connectivity index (χ0v) is 17.1. The molecule has 1 aliphatic rings. The van der Waals surface area contributed by atoms with Crippen molar-refractivity contribution in [3.63, 3.8) is 0 Å². The van der Waals surface area contributed by atoms with E-state index in [-0.39, 0.29) is 12.4 Å². The Hall–Kier alpha value is -3.51. The van der Waals surface area contributed by atoms with Crippen LogP contribution in [0.3, 0.4) is 0 Å². The van der Waals surface area contributed by atoms with Crippen LogP contribution in [0.15, 0.2) is 6.33 Å². The summed E-state index contributed by atoms with van der Waals surface area (Å²) in [4.78, 5) is 64.0. The fourth-order valence-electron chi connectivity index (χ4n) is 3.22. The van der Waals surface area contributed by atoms with Gasteiger partial charge in [0.1, 0.15) is 19.0 Å². The number of aromatic nitrogens is 3. The van der Waals surface area contributed by atoms with Gasteiger partial charge < -0.3 is 23.8 Å². The summed E-state index contributed by atoms with van der Waals surface area (Å²) in [6, 6.07) is -0.990. The van der Waals surface area contributed by atoms with Crippen molar-refractivity contribution in [3.05, 3.63) is 12.2 Å². The third kappa shape index (κ3) is 4.90. The zero-order chi connectivity index (χ0) is 22.6. The van der Waals surface area contributed by atoms with E-state index in [1.807, 2.05) is 0 Å². The molecule has 1 amide bonds. The first-order valence-electron chi connectivity index (χ1n) is 8.83. The van der Waals surface area contributed by atoms with Gasteiger partial charge in [0.05, 0.1) is 7.11 Å². The molecule has 13 nitrogen and oxygen atoms in total. The molecule has 1 saturated heterocycles. The second-order valence-corrected chi connectivity index (χ2v) is 6.40. The summed E-state index contributed by atoms with van der Waals surface area (Å²) in [5.41, 5.74) is 0. The molecule has 30 heavy (non-hydrogen) atoms. The Labute approximate surface area is 171 Å². The van der Waals surface area contributed by atoms with Crippen LogP contribution in [0.5, 0.6) is 0 Å². The number of nitrogens with zero attached hydrogens (tertiary/aromatic N) is 4. The molecule has 1 aliphatic heterocycles. The van der Waals surface area contributed by atoms with E-state index in [4.69, 9.17) is 14.2 Å². The summed E-state index contributed by atoms with van der Waals surface area (Å²) in [5.74, 6) is -3.68. The first kappa shape index (κ1) is 22.8. The van der Waals surface area contributed by atoms with Gasteiger partial charge in [0.15, 0.2) is 18.4 Å². The number of likely N-dealkylation sites (tertiary alicyclic amines) is 1. The normalized spacial score (nSPS) is 22.9. The average molecular weight is 426 g/mol. The second kappa shape index (κ2) is 9.33. The van der Waals surface area contributed by atoms with Gasteiger partial charge in [-0.25, -0.2) is 14.5 Å². The molecule has 0 saturated carbocycles. The van der Waals surface area contributed by atoms with Crippen LogP contribution in [-0.4, -0.2) is 81.4 Å². The highest BCUT2D eigenvalue weighted by molar-refractivity contribution is 5.84. The summed E-state index contributed by atoms with van der Waals surface area (Å²) in [5, 5.41) is 3.99. The molecule has 1 aromatic heterocycles. The predicted molar refractivity (Wildman–Crippen MR) is 94.4 cm³/mol. The van der Waals surface area contributed by atoms with E-state index in [2.05, 4.69) is 14.8 Å². The lowest BCUT2D eigenvalue weighted by molar-refractivity contribution is -0.166. The lowest BCUT2D eigenvalue weighted by atomic mass is 10.1. The molecule has 1 aromatic rings. The Bertz CT molecular complexity index is 852. The Morgan fingerprint density at radius 3 is 2.07 bits per heavy atom. The highest BCUT2D eigenvalue weighted by Crippen LogP contribution is 2.37. The maximum absolute atomic E-state index is 12.5. The van der Waals surface area contributed by atoms with Crippen LogP contribution >= 0.6 is 0 Å². The number of ether oxygens (including phenoxy) is 4. The third-order valence-corrected chi connectivity index (χ3v) is 4.21. The van der Waals surface area contributed by atoms with Crippen molar-refractivity contribution in [3.8, 4) is 0 Å². The minimum absolute atomic E-state index is 0.296. The quantitative estimate of drug-likeness (QED) is 0.415. The smallest absolute Gasteiger partial charge is 0.377 e. The van der Waals surface area contributed by atoms with Gasteiger partial charge in [-0.15, -0.1) is 5.10 Å². The van der Waals surface area contributed by atoms with E-state index in [0.717, 1.165) is 32.0 Å². The molecular weight excluding hydrogens is 404 g/mol. The molecule has 2 rings (SSSR count). The van der Waals surface area contributed by atoms with E-state index in [1.54, 1.807) is 0 Å². The van der Waals surface area contributed by atoms with Crippen LogP contribution in [0.1, 0.15) is 44.5 Å². The number of hydrogen-bond acceptors (Lipinski definition) is 11. The molecule has 0 aliphatic carbocycles. The van der Waals surface area contributed by atoms with E-state index in [0.29, 0.717) is 0 Å². The molecule has 0 bridgehead atoms. The Morgan fingerprint density at radius 1 is 0.967 bits per heavy atom. The Balaban J connectivity index is 2.57. The van der Waals surface area contributed by atoms with Crippen molar-refractivity contribution in [2.24, 2.45) is 0 Å². The molecule has 2 heterocycles. The van der Waals surface area contributed by atoms with Crippen LogP contribution in [0.4, 0.5) is 0 Å². The van der Waals surface area contributed by atoms with Crippen LogP contribution in [0, 0.1) is 0 Å². The molecule has 1 fully saturated rings. The first-order chi connectivity index (χ1) is 14.1. The van der Waals surface area contributed by atoms with Gasteiger partial charge in [-0.05, 0) is 0 Å². The number of carbonyl (C=O) groups is 5. The van der Waals surface area contributed by atoms with Gasteiger partial charge in [0, 0.05) is 27.7 Å². The van der Waals surface area contributed by atoms with Gasteiger partial charge in [-0.3, -0.25) is 19.2 Å². The highest BCUT2D eigenvalue weighted by Gasteiger charge is 2.56. The van der Waals surface area contributed by atoms with Gasteiger partial charge in [0.25, 0.3) is 5.82 Å². The van der Waals surface area contributed by atoms with Crippen LogP contribution in [0.2, 0.25) is 0 Å². The van der Waals surface area contributed by atoms with Crippen molar-refractivity contribution in [1.82, 2.24) is 19.7 Å². The number of hydrogen-bond donors (Lipinski definition) is 0. The van der Waals surface area contributed by atoms with E-state index in [9.17, 15) is 24.0 Å². The summed E-state index contributed by atoms with van der Waals surface area (Å²) < 4.78 is 21.4. The molecular formula is C17H22N4O9. The number of rotatable bonds is 6. The summed E-state index contributed by atoms with van der Waals surface area (Å²) >= 11 is 0. The fraction of sp³-hybridized carbons (Fsp3) is 0.588. The largest absolute Gasteiger partial charge is 0.464 e. The van der Waals surface area contributed by atoms with E-state index >= 15 is 0 Å². The standard InChI is InChI=1S/C17H22N4O9/c1-8(22)21-12(6-28-9(2)23)13(29-10(3)24)14(30-11(4)25)16(21)20-7-18-15(19-20)17(26)27-5/h7,12-14,16H,6H2,1-5H3/t12-,13-,14-,16-/m1/s1. The van der Waals surface area contributed by atoms with Crippen LogP contribution in [0.25, 0.3) is 0 Å². The number of methoxy groups -OCH3 is 1. The summed E-state index contributed by atoms with van der Waals surface area (Å²) in [6.45, 7) is 4.35. The minimum Gasteiger partial charge on any atom is -0.464 e. The lowest BCUT2D eigenvalue weighted by Crippen LogP contribution is -2.45. The average Bonchev–Trinajstić information content (AvgIpc) is 3.22. The lowest BCUT2D eigenvalue weighted by Gasteiger charge is -2.29. The van der Waals surface area contributed by atoms with E-state index in [1.165, 1.54) is 18.7 Å². The van der Waals surface area contributed by atoms with Crippen LogP contribution in [-0.2, 0) is 38.1 Å². The highest BCUT2D eigenvalue weighted by atomic mass is 16.6. The topological polar surface area (TPSA) is 156 Å². The zero-order valence-electron chi connectivity index (χ0n) is 17.1. The SMILES string of the molecule is COC(=O)c1ncn([C@H]2[C@H](OC(C)=O)[C@H](OC(C)=O)[C@@H](COC(C)=O)N2C(C)=O)n1. The summed E-state index contributed by atoms with van der Waals surface area (Å²) in [6.07, 6.45) is -2.39. The van der Waals surface area contributed by atoms with Gasteiger partial charge >= 0.3 is 23.9 Å². The number of esters is 4. The predicted octanol–water partition coefficient (Wildman–Crippen LogP) is -0.779. The first-order valence-corrected chi connectivity index (χ1v) is 8.83. The second-order valence-electron chi connectivity index (χ2n) is 6.40. The monoisotopic (exact) mass is 426 g/mol. The molecule has 0 radical (unpaired) electrons.